The van der Waals surface area contributed by atoms with Crippen LogP contribution in [0.5, 0.6) is 5.75 Å². The summed E-state index contributed by atoms with van der Waals surface area (Å²) in [5.41, 5.74) is 0.727. The number of phenols is 1. The van der Waals surface area contributed by atoms with Gasteiger partial charge in [0.15, 0.2) is 0 Å². The summed E-state index contributed by atoms with van der Waals surface area (Å²) < 4.78 is 0. The highest BCUT2D eigenvalue weighted by atomic mass is 35.5. The number of nitrogens with zero attached hydrogens (tertiary/aromatic N) is 1. The minimum atomic E-state index is -0.396. The molecule has 2 N–H and O–H groups in total. The Morgan fingerprint density at radius 3 is 2.65 bits per heavy atom. The first-order valence-electron chi connectivity index (χ1n) is 4.88. The number of nitrogens with one attached hydrogen (secondary N) is 1. The van der Waals surface area contributed by atoms with Gasteiger partial charge in [0.05, 0.1) is 17.4 Å². The molecule has 1 heterocycles. The van der Waals surface area contributed by atoms with E-state index in [2.05, 4.69) is 10.3 Å². The fourth-order valence-corrected chi connectivity index (χ4v) is 1.43. The average Bonchev–Trinajstić information content (AvgIpc) is 2.32. The van der Waals surface area contributed by atoms with E-state index in [-0.39, 0.29) is 11.3 Å². The quantitative estimate of drug-likeness (QED) is 0.804. The number of amides is 1. The number of anilines is 1. The number of phenolic OH excluding ortho intramolecular Hbond substituents is 1. The molecule has 5 heteroatoms. The molecule has 0 unspecified atom stereocenters. The standard InChI is InChI=1S/C12H9ClN2O2/c13-11-6-5-8(7-14-11)15-12(17)9-3-1-2-4-10(9)16/h1-7,16H,(H,15,17). The summed E-state index contributed by atoms with van der Waals surface area (Å²) in [4.78, 5) is 15.6. The highest BCUT2D eigenvalue weighted by Gasteiger charge is 2.10. The molecule has 0 saturated carbocycles. The Balaban J connectivity index is 2.17. The molecule has 2 rings (SSSR count). The summed E-state index contributed by atoms with van der Waals surface area (Å²) >= 11 is 5.63. The van der Waals surface area contributed by atoms with Gasteiger partial charge < -0.3 is 10.4 Å². The lowest BCUT2D eigenvalue weighted by molar-refractivity contribution is 0.102. The van der Waals surface area contributed by atoms with Crippen molar-refractivity contribution in [3.05, 3.63) is 53.3 Å². The molecule has 1 amide bonds. The van der Waals surface area contributed by atoms with Crippen LogP contribution in [0.4, 0.5) is 5.69 Å². The van der Waals surface area contributed by atoms with Gasteiger partial charge >= 0.3 is 0 Å². The number of hydrogen-bond acceptors (Lipinski definition) is 3. The zero-order valence-corrected chi connectivity index (χ0v) is 9.48. The molecule has 0 spiro atoms. The Morgan fingerprint density at radius 1 is 1.24 bits per heavy atom. The first-order valence-corrected chi connectivity index (χ1v) is 5.25. The van der Waals surface area contributed by atoms with Gasteiger partial charge in [0.2, 0.25) is 0 Å². The molecule has 0 fully saturated rings. The van der Waals surface area contributed by atoms with Gasteiger partial charge in [-0.05, 0) is 24.3 Å². The number of pyridine rings is 1. The van der Waals surface area contributed by atoms with Gasteiger partial charge in [-0.3, -0.25) is 4.79 Å². The smallest absolute Gasteiger partial charge is 0.259 e. The molecule has 0 saturated heterocycles. The summed E-state index contributed by atoms with van der Waals surface area (Å²) in [5.74, 6) is -0.459. The zero-order chi connectivity index (χ0) is 12.3. The number of hydrogen-bond donors (Lipinski definition) is 2. The Morgan fingerprint density at radius 2 is 2.00 bits per heavy atom. The molecule has 17 heavy (non-hydrogen) atoms. The molecule has 0 aliphatic carbocycles. The van der Waals surface area contributed by atoms with Crippen LogP contribution in [-0.2, 0) is 0 Å². The number of carbonyl (C=O) groups excluding carboxylic acids is 1. The second kappa shape index (κ2) is 4.84. The van der Waals surface area contributed by atoms with Crippen molar-refractivity contribution in [2.45, 2.75) is 0 Å². The highest BCUT2D eigenvalue weighted by molar-refractivity contribution is 6.29. The van der Waals surface area contributed by atoms with E-state index < -0.39 is 5.91 Å². The lowest BCUT2D eigenvalue weighted by atomic mass is 10.2. The lowest BCUT2D eigenvalue weighted by Crippen LogP contribution is -2.12. The molecule has 86 valence electrons. The molecule has 4 nitrogen and oxygen atoms in total. The number of para-hydroxylation sites is 1. The van der Waals surface area contributed by atoms with Gasteiger partial charge in [-0.2, -0.15) is 0 Å². The van der Waals surface area contributed by atoms with E-state index in [9.17, 15) is 9.90 Å². The maximum atomic E-state index is 11.8. The van der Waals surface area contributed by atoms with Gasteiger partial charge in [-0.1, -0.05) is 23.7 Å². The third-order valence-corrected chi connectivity index (χ3v) is 2.36. The largest absolute Gasteiger partial charge is 0.507 e. The Bertz CT molecular complexity index is 540. The van der Waals surface area contributed by atoms with Crippen LogP contribution in [0, 0.1) is 0 Å². The lowest BCUT2D eigenvalue weighted by Gasteiger charge is -2.06. The molecule has 0 atom stereocenters. The molecule has 1 aromatic carbocycles. The van der Waals surface area contributed by atoms with Gasteiger partial charge in [-0.15, -0.1) is 0 Å². The number of halogens is 1. The minimum Gasteiger partial charge on any atom is -0.507 e. The molecule has 0 bridgehead atoms. The van der Waals surface area contributed by atoms with Crippen LogP contribution >= 0.6 is 11.6 Å². The van der Waals surface area contributed by atoms with Gasteiger partial charge in [0, 0.05) is 0 Å². The van der Waals surface area contributed by atoms with Crippen molar-refractivity contribution < 1.29 is 9.90 Å². The normalized spacial score (nSPS) is 9.94. The molecule has 1 aromatic heterocycles. The highest BCUT2D eigenvalue weighted by Crippen LogP contribution is 2.17. The number of aromatic hydroxyl groups is 1. The number of benzene rings is 1. The van der Waals surface area contributed by atoms with Crippen molar-refractivity contribution in [3.63, 3.8) is 0 Å². The summed E-state index contributed by atoms with van der Waals surface area (Å²) in [7, 11) is 0. The van der Waals surface area contributed by atoms with Crippen LogP contribution < -0.4 is 5.32 Å². The zero-order valence-electron chi connectivity index (χ0n) is 8.72. The Labute approximate surface area is 103 Å². The maximum absolute atomic E-state index is 11.8. The summed E-state index contributed by atoms with van der Waals surface area (Å²) in [6.07, 6.45) is 1.44. The Hall–Kier alpha value is -2.07. The summed E-state index contributed by atoms with van der Waals surface area (Å²) in [6, 6.07) is 9.52. The number of aromatic nitrogens is 1. The first kappa shape index (κ1) is 11.4. The van der Waals surface area contributed by atoms with Crippen LogP contribution in [0.15, 0.2) is 42.6 Å². The monoisotopic (exact) mass is 248 g/mol. The maximum Gasteiger partial charge on any atom is 0.259 e. The predicted octanol–water partition coefficient (Wildman–Crippen LogP) is 2.69. The molecular weight excluding hydrogens is 240 g/mol. The van der Waals surface area contributed by atoms with E-state index in [1.807, 2.05) is 0 Å². The van der Waals surface area contributed by atoms with Crippen molar-refractivity contribution in [1.82, 2.24) is 4.98 Å². The van der Waals surface area contributed by atoms with Crippen molar-refractivity contribution in [3.8, 4) is 5.75 Å². The van der Waals surface area contributed by atoms with Crippen LogP contribution in [0.25, 0.3) is 0 Å². The van der Waals surface area contributed by atoms with Gasteiger partial charge in [0.1, 0.15) is 10.9 Å². The molecule has 0 aliphatic rings. The molecular formula is C12H9ClN2O2. The molecule has 0 radical (unpaired) electrons. The van der Waals surface area contributed by atoms with Crippen LogP contribution in [-0.4, -0.2) is 16.0 Å². The van der Waals surface area contributed by atoms with E-state index in [0.29, 0.717) is 10.8 Å². The van der Waals surface area contributed by atoms with E-state index in [1.54, 1.807) is 24.3 Å². The van der Waals surface area contributed by atoms with Gasteiger partial charge in [0.25, 0.3) is 5.91 Å². The number of carbonyl (C=O) groups is 1. The van der Waals surface area contributed by atoms with E-state index >= 15 is 0 Å². The van der Waals surface area contributed by atoms with Gasteiger partial charge in [-0.25, -0.2) is 4.98 Å². The summed E-state index contributed by atoms with van der Waals surface area (Å²) in [6.45, 7) is 0. The van der Waals surface area contributed by atoms with E-state index in [0.717, 1.165) is 0 Å². The van der Waals surface area contributed by atoms with Crippen molar-refractivity contribution in [1.29, 1.82) is 0 Å². The van der Waals surface area contributed by atoms with Crippen molar-refractivity contribution in [2.75, 3.05) is 5.32 Å². The second-order valence-corrected chi connectivity index (χ2v) is 3.73. The Kier molecular flexibility index (Phi) is 3.25. The number of rotatable bonds is 2. The van der Waals surface area contributed by atoms with Crippen molar-refractivity contribution in [2.24, 2.45) is 0 Å². The fourth-order valence-electron chi connectivity index (χ4n) is 1.31. The second-order valence-electron chi connectivity index (χ2n) is 3.34. The molecule has 0 aliphatic heterocycles. The topological polar surface area (TPSA) is 62.2 Å². The van der Waals surface area contributed by atoms with E-state index in [4.69, 9.17) is 11.6 Å². The van der Waals surface area contributed by atoms with E-state index in [1.165, 1.54) is 18.3 Å². The van der Waals surface area contributed by atoms with Crippen LogP contribution in [0.1, 0.15) is 10.4 Å². The molecule has 2 aromatic rings. The fraction of sp³-hybridized carbons (Fsp3) is 0. The average molecular weight is 249 g/mol. The van der Waals surface area contributed by atoms with Crippen molar-refractivity contribution >= 4 is 23.2 Å². The summed E-state index contributed by atoms with van der Waals surface area (Å²) in [5, 5.41) is 12.5. The predicted molar refractivity (Wildman–Crippen MR) is 65.3 cm³/mol. The third kappa shape index (κ3) is 2.73. The third-order valence-electron chi connectivity index (χ3n) is 2.13. The van der Waals surface area contributed by atoms with Crippen LogP contribution in [0.3, 0.4) is 0 Å². The SMILES string of the molecule is O=C(Nc1ccc(Cl)nc1)c1ccccc1O. The minimum absolute atomic E-state index is 0.0630. The first-order chi connectivity index (χ1) is 8.16. The van der Waals surface area contributed by atoms with Crippen LogP contribution in [0.2, 0.25) is 5.15 Å².